The van der Waals surface area contributed by atoms with Gasteiger partial charge in [-0.25, -0.2) is 0 Å². The molecular weight excluding hydrogens is 216 g/mol. The van der Waals surface area contributed by atoms with Gasteiger partial charge in [0.05, 0.1) is 0 Å². The molecule has 18 heavy (non-hydrogen) atoms. The minimum absolute atomic E-state index is 1.01. The van der Waals surface area contributed by atoms with Gasteiger partial charge in [-0.05, 0) is 68.4 Å². The molecule has 0 unspecified atom stereocenters. The van der Waals surface area contributed by atoms with Crippen LogP contribution in [0.3, 0.4) is 0 Å². The quantitative estimate of drug-likeness (QED) is 0.725. The molecule has 0 nitrogen and oxygen atoms in total. The van der Waals surface area contributed by atoms with Gasteiger partial charge in [0, 0.05) is 0 Å². The summed E-state index contributed by atoms with van der Waals surface area (Å²) in [5, 5.41) is 0. The summed E-state index contributed by atoms with van der Waals surface area (Å²) >= 11 is 0. The molecule has 0 heteroatoms. The first kappa shape index (κ1) is 12.9. The smallest absolute Gasteiger partial charge is 0.00439 e. The van der Waals surface area contributed by atoms with Crippen LogP contribution >= 0.6 is 0 Å². The molecule has 2 rings (SSSR count). The predicted octanol–water partition coefficient (Wildman–Crippen LogP) is 4.72. The average Bonchev–Trinajstić information content (AvgIpc) is 2.31. The minimum atomic E-state index is 1.01. The molecule has 1 radical (unpaired) electrons. The van der Waals surface area contributed by atoms with Gasteiger partial charge < -0.3 is 0 Å². The summed E-state index contributed by atoms with van der Waals surface area (Å²) in [6.45, 7) is 8.70. The van der Waals surface area contributed by atoms with Crippen molar-refractivity contribution in [3.05, 3.63) is 76.2 Å². The fraction of sp³-hybridized carbons (Fsp3) is 0.278. The number of rotatable bonds is 3. The molecule has 2 aromatic rings. The predicted molar refractivity (Wildman–Crippen MR) is 78.9 cm³/mol. The number of benzene rings is 2. The lowest BCUT2D eigenvalue weighted by Crippen LogP contribution is -1.96. The van der Waals surface area contributed by atoms with Gasteiger partial charge >= 0.3 is 0 Å². The van der Waals surface area contributed by atoms with E-state index >= 15 is 0 Å². The largest absolute Gasteiger partial charge is 0.0617 e. The Balaban J connectivity index is 2.16. The lowest BCUT2D eigenvalue weighted by Gasteiger charge is -2.11. The molecule has 0 aromatic heterocycles. The summed E-state index contributed by atoms with van der Waals surface area (Å²) in [5.74, 6) is 0. The Morgan fingerprint density at radius 1 is 0.833 bits per heavy atom. The zero-order chi connectivity index (χ0) is 13.1. The zero-order valence-corrected chi connectivity index (χ0v) is 11.7. The van der Waals surface area contributed by atoms with Crippen molar-refractivity contribution >= 4 is 0 Å². The lowest BCUT2D eigenvalue weighted by atomic mass is 9.94. The maximum Gasteiger partial charge on any atom is -0.00439 e. The monoisotopic (exact) mass is 237 g/mol. The normalized spacial score (nSPS) is 10.7. The van der Waals surface area contributed by atoms with Gasteiger partial charge in [-0.15, -0.1) is 0 Å². The van der Waals surface area contributed by atoms with Gasteiger partial charge in [0.25, 0.3) is 0 Å². The van der Waals surface area contributed by atoms with Gasteiger partial charge in [0.2, 0.25) is 0 Å². The van der Waals surface area contributed by atoms with E-state index in [1.807, 2.05) is 0 Å². The summed E-state index contributed by atoms with van der Waals surface area (Å²) in [6, 6.07) is 13.2. The van der Waals surface area contributed by atoms with Crippen LogP contribution in [-0.4, -0.2) is 0 Å². The third kappa shape index (κ3) is 2.81. The van der Waals surface area contributed by atoms with Gasteiger partial charge in [-0.2, -0.15) is 0 Å². The van der Waals surface area contributed by atoms with E-state index in [-0.39, 0.29) is 0 Å². The average molecular weight is 237 g/mol. The van der Waals surface area contributed by atoms with Crippen LogP contribution in [0.2, 0.25) is 0 Å². The highest BCUT2D eigenvalue weighted by atomic mass is 14.1. The van der Waals surface area contributed by atoms with Crippen molar-refractivity contribution < 1.29 is 0 Å². The van der Waals surface area contributed by atoms with Gasteiger partial charge in [0.1, 0.15) is 0 Å². The van der Waals surface area contributed by atoms with E-state index in [4.69, 9.17) is 0 Å². The van der Waals surface area contributed by atoms with Crippen molar-refractivity contribution in [2.45, 2.75) is 34.1 Å². The topological polar surface area (TPSA) is 0 Å². The van der Waals surface area contributed by atoms with E-state index in [0.717, 1.165) is 6.42 Å². The van der Waals surface area contributed by atoms with Crippen LogP contribution in [0.4, 0.5) is 0 Å². The van der Waals surface area contributed by atoms with Crippen LogP contribution in [0.25, 0.3) is 0 Å². The maximum atomic E-state index is 2.35. The van der Waals surface area contributed by atoms with Crippen molar-refractivity contribution in [1.29, 1.82) is 0 Å². The van der Waals surface area contributed by atoms with Gasteiger partial charge in [-0.3, -0.25) is 0 Å². The Labute approximate surface area is 111 Å². The Morgan fingerprint density at radius 2 is 1.50 bits per heavy atom. The molecule has 0 saturated carbocycles. The second-order valence-corrected chi connectivity index (χ2v) is 5.14. The van der Waals surface area contributed by atoms with Crippen LogP contribution < -0.4 is 0 Å². The van der Waals surface area contributed by atoms with Gasteiger partial charge in [-0.1, -0.05) is 42.0 Å². The zero-order valence-electron chi connectivity index (χ0n) is 11.7. The maximum absolute atomic E-state index is 2.35. The Morgan fingerprint density at radius 3 is 2.11 bits per heavy atom. The van der Waals surface area contributed by atoms with E-state index in [1.165, 1.54) is 33.4 Å². The number of hydrogen-bond acceptors (Lipinski definition) is 0. The van der Waals surface area contributed by atoms with E-state index in [9.17, 15) is 0 Å². The molecule has 0 aliphatic rings. The van der Waals surface area contributed by atoms with Crippen LogP contribution in [-0.2, 0) is 6.42 Å². The van der Waals surface area contributed by atoms with Crippen molar-refractivity contribution in [1.82, 2.24) is 0 Å². The van der Waals surface area contributed by atoms with E-state index < -0.39 is 0 Å². The molecule has 0 heterocycles. The standard InChI is InChI=1S/C18H21/c1-13-8-9-17(16(4)12-13)10-11-18-14(2)6-5-7-15(18)3/h5-9,11-12H,10H2,1-4H3. The molecule has 0 aliphatic carbocycles. The second kappa shape index (κ2) is 5.39. The molecule has 0 aliphatic heterocycles. The molecule has 0 N–H and O–H groups in total. The molecule has 0 fully saturated rings. The lowest BCUT2D eigenvalue weighted by molar-refractivity contribution is 1.10. The first-order valence-electron chi connectivity index (χ1n) is 6.53. The molecule has 0 spiro atoms. The fourth-order valence-corrected chi connectivity index (χ4v) is 2.44. The Hall–Kier alpha value is -1.56. The van der Waals surface area contributed by atoms with Crippen molar-refractivity contribution in [2.75, 3.05) is 0 Å². The molecular formula is C18H21. The Kier molecular flexibility index (Phi) is 3.86. The van der Waals surface area contributed by atoms with Crippen molar-refractivity contribution in [2.24, 2.45) is 0 Å². The highest BCUT2D eigenvalue weighted by molar-refractivity contribution is 5.41. The number of aryl methyl sites for hydroxylation is 4. The van der Waals surface area contributed by atoms with Crippen molar-refractivity contribution in [3.8, 4) is 0 Å². The summed E-state index contributed by atoms with van der Waals surface area (Å²) in [7, 11) is 0. The van der Waals surface area contributed by atoms with Crippen LogP contribution in [0.15, 0.2) is 36.4 Å². The van der Waals surface area contributed by atoms with E-state index in [0.29, 0.717) is 0 Å². The van der Waals surface area contributed by atoms with Crippen molar-refractivity contribution in [3.63, 3.8) is 0 Å². The summed E-state index contributed by atoms with van der Waals surface area (Å²) in [4.78, 5) is 0. The van der Waals surface area contributed by atoms with E-state index in [2.05, 4.69) is 70.5 Å². The first-order chi connectivity index (χ1) is 8.58. The van der Waals surface area contributed by atoms with Crippen LogP contribution in [0.5, 0.6) is 0 Å². The van der Waals surface area contributed by atoms with E-state index in [1.54, 1.807) is 0 Å². The fourth-order valence-electron chi connectivity index (χ4n) is 2.44. The van der Waals surface area contributed by atoms with Gasteiger partial charge in [0.15, 0.2) is 0 Å². The van der Waals surface area contributed by atoms with Crippen LogP contribution in [0.1, 0.15) is 33.4 Å². The second-order valence-electron chi connectivity index (χ2n) is 5.14. The highest BCUT2D eigenvalue weighted by Gasteiger charge is 2.04. The highest BCUT2D eigenvalue weighted by Crippen LogP contribution is 2.19. The summed E-state index contributed by atoms with van der Waals surface area (Å²) in [6.07, 6.45) is 3.36. The number of hydrogen-bond donors (Lipinski definition) is 0. The molecule has 0 atom stereocenters. The minimum Gasteiger partial charge on any atom is -0.0617 e. The molecule has 93 valence electrons. The summed E-state index contributed by atoms with van der Waals surface area (Å²) in [5.41, 5.74) is 8.25. The summed E-state index contributed by atoms with van der Waals surface area (Å²) < 4.78 is 0. The van der Waals surface area contributed by atoms with Crippen LogP contribution in [0, 0.1) is 34.1 Å². The molecule has 0 saturated heterocycles. The third-order valence-corrected chi connectivity index (χ3v) is 3.57. The third-order valence-electron chi connectivity index (χ3n) is 3.57. The Bertz CT molecular complexity index is 530. The molecule has 0 amide bonds. The first-order valence-corrected chi connectivity index (χ1v) is 6.53. The molecule has 0 bridgehead atoms. The molecule has 2 aromatic carbocycles. The SMILES string of the molecule is Cc1ccc(C[CH]c2c(C)cccc2C)c(C)c1.